The summed E-state index contributed by atoms with van der Waals surface area (Å²) in [5.74, 6) is 0.225. The Balaban J connectivity index is 1.75. The van der Waals surface area contributed by atoms with Crippen molar-refractivity contribution in [2.75, 3.05) is 11.9 Å². The summed E-state index contributed by atoms with van der Waals surface area (Å²) in [6, 6.07) is 22.1. The third-order valence-electron chi connectivity index (χ3n) is 4.35. The highest BCUT2D eigenvalue weighted by Crippen LogP contribution is 2.23. The monoisotopic (exact) mass is 416 g/mol. The van der Waals surface area contributed by atoms with E-state index in [-0.39, 0.29) is 18.0 Å². The Morgan fingerprint density at radius 3 is 2.45 bits per heavy atom. The van der Waals surface area contributed by atoms with Crippen molar-refractivity contribution in [1.29, 1.82) is 5.26 Å². The van der Waals surface area contributed by atoms with E-state index in [9.17, 15) is 14.4 Å². The number of anilines is 1. The van der Waals surface area contributed by atoms with E-state index in [0.29, 0.717) is 34.9 Å². The third-order valence-corrected chi connectivity index (χ3v) is 4.35. The molecule has 0 aliphatic carbocycles. The predicted molar refractivity (Wildman–Crippen MR) is 117 cm³/mol. The van der Waals surface area contributed by atoms with Gasteiger partial charge in [-0.2, -0.15) is 5.26 Å². The largest absolute Gasteiger partial charge is 0.494 e. The molecular formula is C25H21FN2O3. The molecule has 156 valence electrons. The van der Waals surface area contributed by atoms with Crippen molar-refractivity contribution in [3.63, 3.8) is 0 Å². The Hall–Kier alpha value is -4.11. The lowest BCUT2D eigenvalue weighted by Gasteiger charge is -2.10. The minimum Gasteiger partial charge on any atom is -0.494 e. The molecule has 0 aliphatic rings. The summed E-state index contributed by atoms with van der Waals surface area (Å²) in [5, 5.41) is 12.2. The zero-order valence-corrected chi connectivity index (χ0v) is 17.0. The second-order valence-corrected chi connectivity index (χ2v) is 6.50. The van der Waals surface area contributed by atoms with Gasteiger partial charge in [0.15, 0.2) is 0 Å². The van der Waals surface area contributed by atoms with Crippen molar-refractivity contribution in [2.24, 2.45) is 0 Å². The molecule has 0 aliphatic heterocycles. The van der Waals surface area contributed by atoms with Gasteiger partial charge >= 0.3 is 0 Å². The maximum absolute atomic E-state index is 13.8. The molecule has 0 unspecified atom stereocenters. The number of carbonyl (C=O) groups is 1. The number of hydrogen-bond donors (Lipinski definition) is 1. The van der Waals surface area contributed by atoms with Crippen molar-refractivity contribution in [3.05, 3.63) is 95.3 Å². The molecule has 5 nitrogen and oxygen atoms in total. The van der Waals surface area contributed by atoms with Crippen molar-refractivity contribution < 1.29 is 18.7 Å². The predicted octanol–water partition coefficient (Wildman–Crippen LogP) is 5.35. The molecule has 3 aromatic carbocycles. The molecule has 6 heteroatoms. The summed E-state index contributed by atoms with van der Waals surface area (Å²) in [7, 11) is 0. The lowest BCUT2D eigenvalue weighted by molar-refractivity contribution is -0.112. The molecule has 1 N–H and O–H groups in total. The number of halogens is 1. The fourth-order valence-electron chi connectivity index (χ4n) is 2.81. The van der Waals surface area contributed by atoms with E-state index in [1.165, 1.54) is 12.1 Å². The van der Waals surface area contributed by atoms with E-state index in [1.807, 2.05) is 13.0 Å². The number of ether oxygens (including phenoxy) is 2. The van der Waals surface area contributed by atoms with Crippen LogP contribution >= 0.6 is 0 Å². The van der Waals surface area contributed by atoms with E-state index < -0.39 is 5.91 Å². The number of para-hydroxylation sites is 1. The Morgan fingerprint density at radius 1 is 1.03 bits per heavy atom. The van der Waals surface area contributed by atoms with E-state index in [0.717, 1.165) is 0 Å². The van der Waals surface area contributed by atoms with Gasteiger partial charge in [-0.05, 0) is 49.4 Å². The first-order chi connectivity index (χ1) is 15.1. The molecular weight excluding hydrogens is 395 g/mol. The first-order valence-corrected chi connectivity index (χ1v) is 9.72. The highest BCUT2D eigenvalue weighted by Gasteiger charge is 2.12. The number of nitrogens with one attached hydrogen (secondary N) is 1. The van der Waals surface area contributed by atoms with Crippen LogP contribution in [0.25, 0.3) is 6.08 Å². The van der Waals surface area contributed by atoms with Crippen LogP contribution in [0.1, 0.15) is 18.1 Å². The molecule has 0 bridgehead atoms. The minimum absolute atomic E-state index is 0.0256. The average molecular weight is 416 g/mol. The van der Waals surface area contributed by atoms with Crippen LogP contribution in [0.2, 0.25) is 0 Å². The summed E-state index contributed by atoms with van der Waals surface area (Å²) in [4.78, 5) is 12.6. The maximum Gasteiger partial charge on any atom is 0.266 e. The van der Waals surface area contributed by atoms with Gasteiger partial charge in [-0.1, -0.05) is 36.4 Å². The number of amides is 1. The highest BCUT2D eigenvalue weighted by atomic mass is 19.1. The lowest BCUT2D eigenvalue weighted by atomic mass is 10.1. The van der Waals surface area contributed by atoms with Crippen LogP contribution in [0.3, 0.4) is 0 Å². The Kier molecular flexibility index (Phi) is 7.39. The van der Waals surface area contributed by atoms with Crippen LogP contribution in [0, 0.1) is 17.1 Å². The lowest BCUT2D eigenvalue weighted by Crippen LogP contribution is -2.13. The number of benzene rings is 3. The van der Waals surface area contributed by atoms with Crippen molar-refractivity contribution in [3.8, 4) is 17.6 Å². The average Bonchev–Trinajstić information content (AvgIpc) is 2.79. The molecule has 0 spiro atoms. The van der Waals surface area contributed by atoms with Gasteiger partial charge in [0, 0.05) is 16.8 Å². The molecule has 0 saturated heterocycles. The quantitative estimate of drug-likeness (QED) is 0.397. The smallest absolute Gasteiger partial charge is 0.266 e. The number of nitriles is 1. The van der Waals surface area contributed by atoms with E-state index in [1.54, 1.807) is 66.7 Å². The fraction of sp³-hybridized carbons (Fsp3) is 0.120. The number of rotatable bonds is 8. The molecule has 1 amide bonds. The number of hydrogen-bond acceptors (Lipinski definition) is 4. The Bertz CT molecular complexity index is 1120. The second-order valence-electron chi connectivity index (χ2n) is 6.50. The zero-order valence-electron chi connectivity index (χ0n) is 17.0. The first kappa shape index (κ1) is 21.6. The van der Waals surface area contributed by atoms with Gasteiger partial charge in [-0.25, -0.2) is 4.39 Å². The third kappa shape index (κ3) is 5.94. The normalized spacial score (nSPS) is 10.8. The SMILES string of the molecule is CCOc1ccc(NC(=O)/C(C#N)=C/c2ccccc2OCc2ccccc2F)cc1. The zero-order chi connectivity index (χ0) is 22.1. The van der Waals surface area contributed by atoms with Gasteiger partial charge in [0.05, 0.1) is 6.61 Å². The summed E-state index contributed by atoms with van der Waals surface area (Å²) in [6.07, 6.45) is 1.45. The van der Waals surface area contributed by atoms with Gasteiger partial charge in [0.2, 0.25) is 0 Å². The van der Waals surface area contributed by atoms with Crippen LogP contribution in [0.4, 0.5) is 10.1 Å². The topological polar surface area (TPSA) is 71.3 Å². The molecule has 3 aromatic rings. The second kappa shape index (κ2) is 10.6. The van der Waals surface area contributed by atoms with E-state index >= 15 is 0 Å². The van der Waals surface area contributed by atoms with E-state index in [2.05, 4.69) is 5.32 Å². The molecule has 0 saturated carbocycles. The molecule has 0 atom stereocenters. The van der Waals surface area contributed by atoms with Crippen LogP contribution in [-0.4, -0.2) is 12.5 Å². The fourth-order valence-corrected chi connectivity index (χ4v) is 2.81. The summed E-state index contributed by atoms with van der Waals surface area (Å²) in [5.41, 5.74) is 1.40. The maximum atomic E-state index is 13.8. The van der Waals surface area contributed by atoms with Gasteiger partial charge in [0.25, 0.3) is 5.91 Å². The Morgan fingerprint density at radius 2 is 1.74 bits per heavy atom. The molecule has 3 rings (SSSR count). The summed E-state index contributed by atoms with van der Waals surface area (Å²) < 4.78 is 25.0. The van der Waals surface area contributed by atoms with Crippen LogP contribution in [0.15, 0.2) is 78.4 Å². The van der Waals surface area contributed by atoms with Crippen molar-refractivity contribution in [2.45, 2.75) is 13.5 Å². The molecule has 0 radical (unpaired) electrons. The molecule has 31 heavy (non-hydrogen) atoms. The van der Waals surface area contributed by atoms with Gasteiger partial charge in [-0.15, -0.1) is 0 Å². The summed E-state index contributed by atoms with van der Waals surface area (Å²) in [6.45, 7) is 2.46. The van der Waals surface area contributed by atoms with Gasteiger partial charge in [0.1, 0.15) is 35.6 Å². The molecule has 0 aromatic heterocycles. The van der Waals surface area contributed by atoms with Crippen molar-refractivity contribution >= 4 is 17.7 Å². The van der Waals surface area contributed by atoms with E-state index in [4.69, 9.17) is 9.47 Å². The van der Waals surface area contributed by atoms with Gasteiger partial charge in [-0.3, -0.25) is 4.79 Å². The first-order valence-electron chi connectivity index (χ1n) is 9.72. The molecule has 0 fully saturated rings. The van der Waals surface area contributed by atoms with Crippen molar-refractivity contribution in [1.82, 2.24) is 0 Å². The number of carbonyl (C=O) groups excluding carboxylic acids is 1. The minimum atomic E-state index is -0.546. The number of nitrogens with zero attached hydrogens (tertiary/aromatic N) is 1. The Labute approximate surface area is 180 Å². The summed E-state index contributed by atoms with van der Waals surface area (Å²) >= 11 is 0. The van der Waals surface area contributed by atoms with Crippen LogP contribution in [-0.2, 0) is 11.4 Å². The van der Waals surface area contributed by atoms with Crippen LogP contribution < -0.4 is 14.8 Å². The highest BCUT2D eigenvalue weighted by molar-refractivity contribution is 6.09. The standard InChI is InChI=1S/C25H21FN2O3/c1-2-30-22-13-11-21(12-14-22)28-25(29)20(16-27)15-18-7-4-6-10-24(18)31-17-19-8-3-5-9-23(19)26/h3-15H,2,17H2,1H3,(H,28,29)/b20-15+. The molecule has 0 heterocycles. The van der Waals surface area contributed by atoms with Crippen LogP contribution in [0.5, 0.6) is 11.5 Å². The van der Waals surface area contributed by atoms with Gasteiger partial charge < -0.3 is 14.8 Å².